The number of methoxy groups -OCH3 is 1. The Morgan fingerprint density at radius 3 is 2.95 bits per heavy atom. The van der Waals surface area contributed by atoms with E-state index in [0.717, 1.165) is 25.3 Å². The predicted octanol–water partition coefficient (Wildman–Crippen LogP) is 3.31. The average Bonchev–Trinajstić information content (AvgIpc) is 2.48. The van der Waals surface area contributed by atoms with Crippen LogP contribution in [0.25, 0.3) is 0 Å². The van der Waals surface area contributed by atoms with E-state index in [4.69, 9.17) is 9.47 Å². The maximum atomic E-state index is 5.75. The third-order valence-corrected chi connectivity index (χ3v) is 3.80. The van der Waals surface area contributed by atoms with Gasteiger partial charge in [-0.1, -0.05) is 18.2 Å². The summed E-state index contributed by atoms with van der Waals surface area (Å²) in [5, 5.41) is 3.56. The van der Waals surface area contributed by atoms with Crippen LogP contribution in [0.1, 0.15) is 44.2 Å². The van der Waals surface area contributed by atoms with Crippen molar-refractivity contribution < 1.29 is 9.47 Å². The van der Waals surface area contributed by atoms with Gasteiger partial charge in [0.15, 0.2) is 0 Å². The van der Waals surface area contributed by atoms with E-state index in [1.54, 1.807) is 7.11 Å². The highest BCUT2D eigenvalue weighted by Crippen LogP contribution is 2.24. The van der Waals surface area contributed by atoms with Crippen molar-refractivity contribution in [1.82, 2.24) is 5.32 Å². The second-order valence-electron chi connectivity index (χ2n) is 5.20. The van der Waals surface area contributed by atoms with E-state index in [0.29, 0.717) is 12.1 Å². The first-order valence-electron chi connectivity index (χ1n) is 7.29. The number of hydrogen-bond acceptors (Lipinski definition) is 3. The summed E-state index contributed by atoms with van der Waals surface area (Å²) in [5.74, 6) is 0.955. The minimum Gasteiger partial charge on any atom is -0.496 e. The second-order valence-corrected chi connectivity index (χ2v) is 5.20. The Bertz CT molecular complexity index is 375. The molecular formula is C16H25NO2. The van der Waals surface area contributed by atoms with Gasteiger partial charge >= 0.3 is 0 Å². The van der Waals surface area contributed by atoms with Crippen LogP contribution >= 0.6 is 0 Å². The molecule has 1 aliphatic heterocycles. The van der Waals surface area contributed by atoms with Gasteiger partial charge in [0.2, 0.25) is 0 Å². The summed E-state index contributed by atoms with van der Waals surface area (Å²) >= 11 is 0. The highest BCUT2D eigenvalue weighted by atomic mass is 16.5. The molecule has 1 fully saturated rings. The van der Waals surface area contributed by atoms with Gasteiger partial charge in [-0.05, 0) is 45.2 Å². The molecule has 2 atom stereocenters. The summed E-state index contributed by atoms with van der Waals surface area (Å²) in [7, 11) is 1.72. The molecule has 1 N–H and O–H groups in total. The van der Waals surface area contributed by atoms with E-state index >= 15 is 0 Å². The van der Waals surface area contributed by atoms with Crippen LogP contribution in [0.15, 0.2) is 24.3 Å². The number of rotatable bonds is 6. The molecule has 2 rings (SSSR count). The van der Waals surface area contributed by atoms with Crippen LogP contribution in [-0.2, 0) is 4.74 Å². The van der Waals surface area contributed by atoms with Crippen LogP contribution in [-0.4, -0.2) is 26.4 Å². The first kappa shape index (κ1) is 14.4. The normalized spacial score (nSPS) is 21.1. The maximum absolute atomic E-state index is 5.75. The number of nitrogens with one attached hydrogen (secondary N) is 1. The molecule has 1 heterocycles. The Hall–Kier alpha value is -1.06. The van der Waals surface area contributed by atoms with Gasteiger partial charge in [-0.15, -0.1) is 0 Å². The van der Waals surface area contributed by atoms with E-state index in [9.17, 15) is 0 Å². The van der Waals surface area contributed by atoms with E-state index in [-0.39, 0.29) is 0 Å². The zero-order valence-corrected chi connectivity index (χ0v) is 12.0. The minimum atomic E-state index is 0.305. The van der Waals surface area contributed by atoms with Crippen molar-refractivity contribution in [2.75, 3.05) is 20.3 Å². The van der Waals surface area contributed by atoms with Crippen LogP contribution in [0.4, 0.5) is 0 Å². The van der Waals surface area contributed by atoms with Crippen LogP contribution in [0, 0.1) is 0 Å². The van der Waals surface area contributed by atoms with Crippen molar-refractivity contribution in [1.29, 1.82) is 0 Å². The van der Waals surface area contributed by atoms with Gasteiger partial charge in [-0.3, -0.25) is 0 Å². The fourth-order valence-corrected chi connectivity index (χ4v) is 2.63. The Balaban J connectivity index is 1.78. The van der Waals surface area contributed by atoms with E-state index in [2.05, 4.69) is 24.4 Å². The molecule has 1 aromatic carbocycles. The lowest BCUT2D eigenvalue weighted by molar-refractivity contribution is 0.0112. The zero-order chi connectivity index (χ0) is 13.5. The molecule has 0 aromatic heterocycles. The Morgan fingerprint density at radius 1 is 1.37 bits per heavy atom. The molecule has 0 aliphatic carbocycles. The summed E-state index contributed by atoms with van der Waals surface area (Å²) in [6, 6.07) is 8.50. The molecule has 0 saturated carbocycles. The maximum Gasteiger partial charge on any atom is 0.123 e. The monoisotopic (exact) mass is 263 g/mol. The smallest absolute Gasteiger partial charge is 0.123 e. The summed E-state index contributed by atoms with van der Waals surface area (Å²) < 4.78 is 11.1. The van der Waals surface area contributed by atoms with E-state index in [1.807, 2.05) is 12.1 Å². The first-order valence-corrected chi connectivity index (χ1v) is 7.29. The molecule has 0 radical (unpaired) electrons. The molecule has 3 heteroatoms. The van der Waals surface area contributed by atoms with Crippen molar-refractivity contribution in [3.05, 3.63) is 29.8 Å². The minimum absolute atomic E-state index is 0.305. The Kier molecular flexibility index (Phi) is 5.67. The molecule has 0 spiro atoms. The summed E-state index contributed by atoms with van der Waals surface area (Å²) in [5.41, 5.74) is 1.22. The number of benzene rings is 1. The van der Waals surface area contributed by atoms with Crippen molar-refractivity contribution in [3.63, 3.8) is 0 Å². The topological polar surface area (TPSA) is 30.5 Å². The van der Waals surface area contributed by atoms with Crippen LogP contribution in [0.3, 0.4) is 0 Å². The Labute approximate surface area is 116 Å². The standard InChI is InChI=1S/C16H25NO2/c1-13(15-8-3-4-9-16(15)18-2)17-11-10-14-7-5-6-12-19-14/h3-4,8-9,13-14,17H,5-7,10-12H2,1-2H3. The van der Waals surface area contributed by atoms with Crippen LogP contribution in [0.2, 0.25) is 0 Å². The molecule has 1 aromatic rings. The molecule has 0 amide bonds. The van der Waals surface area contributed by atoms with Gasteiger partial charge in [0.25, 0.3) is 0 Å². The number of hydrogen-bond donors (Lipinski definition) is 1. The van der Waals surface area contributed by atoms with Crippen LogP contribution < -0.4 is 10.1 Å². The quantitative estimate of drug-likeness (QED) is 0.854. The van der Waals surface area contributed by atoms with Gasteiger partial charge in [0.05, 0.1) is 13.2 Å². The van der Waals surface area contributed by atoms with Crippen molar-refractivity contribution in [3.8, 4) is 5.75 Å². The molecule has 1 aliphatic rings. The largest absolute Gasteiger partial charge is 0.496 e. The van der Waals surface area contributed by atoms with Gasteiger partial charge in [0.1, 0.15) is 5.75 Å². The van der Waals surface area contributed by atoms with Gasteiger partial charge in [-0.25, -0.2) is 0 Å². The number of ether oxygens (including phenoxy) is 2. The molecule has 19 heavy (non-hydrogen) atoms. The molecule has 2 unspecified atom stereocenters. The Morgan fingerprint density at radius 2 is 2.21 bits per heavy atom. The van der Waals surface area contributed by atoms with Gasteiger partial charge < -0.3 is 14.8 Å². The summed E-state index contributed by atoms with van der Waals surface area (Å²) in [6.07, 6.45) is 5.30. The fourth-order valence-electron chi connectivity index (χ4n) is 2.63. The first-order chi connectivity index (χ1) is 9.31. The lowest BCUT2D eigenvalue weighted by Crippen LogP contribution is -2.27. The summed E-state index contributed by atoms with van der Waals surface area (Å²) in [6.45, 7) is 4.11. The zero-order valence-electron chi connectivity index (χ0n) is 12.0. The van der Waals surface area contributed by atoms with Crippen LogP contribution in [0.5, 0.6) is 5.75 Å². The second kappa shape index (κ2) is 7.51. The molecule has 3 nitrogen and oxygen atoms in total. The third kappa shape index (κ3) is 4.22. The van der Waals surface area contributed by atoms with Crippen molar-refractivity contribution in [2.45, 2.75) is 44.8 Å². The lowest BCUT2D eigenvalue weighted by Gasteiger charge is -2.24. The van der Waals surface area contributed by atoms with Gasteiger partial charge in [0, 0.05) is 18.2 Å². The molecule has 0 bridgehead atoms. The highest BCUT2D eigenvalue weighted by Gasteiger charge is 2.15. The average molecular weight is 263 g/mol. The third-order valence-electron chi connectivity index (χ3n) is 3.80. The predicted molar refractivity (Wildman–Crippen MR) is 77.6 cm³/mol. The van der Waals surface area contributed by atoms with Crippen molar-refractivity contribution in [2.24, 2.45) is 0 Å². The number of para-hydroxylation sites is 1. The van der Waals surface area contributed by atoms with E-state index in [1.165, 1.54) is 24.8 Å². The fraction of sp³-hybridized carbons (Fsp3) is 0.625. The van der Waals surface area contributed by atoms with Crippen molar-refractivity contribution >= 4 is 0 Å². The molecular weight excluding hydrogens is 238 g/mol. The summed E-state index contributed by atoms with van der Waals surface area (Å²) in [4.78, 5) is 0. The SMILES string of the molecule is COc1ccccc1C(C)NCCC1CCCCO1. The lowest BCUT2D eigenvalue weighted by atomic mass is 10.0. The highest BCUT2D eigenvalue weighted by molar-refractivity contribution is 5.35. The molecule has 106 valence electrons. The van der Waals surface area contributed by atoms with E-state index < -0.39 is 0 Å². The molecule has 1 saturated heterocycles. The van der Waals surface area contributed by atoms with Gasteiger partial charge in [-0.2, -0.15) is 0 Å².